The van der Waals surface area contributed by atoms with E-state index in [4.69, 9.17) is 9.84 Å². The number of hydrogen-bond donors (Lipinski definition) is 2. The summed E-state index contributed by atoms with van der Waals surface area (Å²) in [6.45, 7) is 2.77. The van der Waals surface area contributed by atoms with Crippen LogP contribution in [0.3, 0.4) is 0 Å². The lowest BCUT2D eigenvalue weighted by Gasteiger charge is -2.09. The largest absolute Gasteiger partial charge is 0.462 e. The summed E-state index contributed by atoms with van der Waals surface area (Å²) in [6, 6.07) is 3.34. The molecule has 0 bridgehead atoms. The molecular weight excluding hydrogens is 208 g/mol. The lowest BCUT2D eigenvalue weighted by atomic mass is 10.2. The monoisotopic (exact) mass is 224 g/mol. The Kier molecular flexibility index (Phi) is 5.28. The summed E-state index contributed by atoms with van der Waals surface area (Å²) in [5.41, 5.74) is 0.419. The summed E-state index contributed by atoms with van der Waals surface area (Å²) in [5, 5.41) is 11.6. The zero-order chi connectivity index (χ0) is 11.8. The van der Waals surface area contributed by atoms with Crippen LogP contribution in [0, 0.1) is 0 Å². The minimum Gasteiger partial charge on any atom is -0.462 e. The van der Waals surface area contributed by atoms with Crippen molar-refractivity contribution in [3.8, 4) is 0 Å². The number of aliphatic hydroxyl groups excluding tert-OH is 1. The highest BCUT2D eigenvalue weighted by atomic mass is 16.5. The second kappa shape index (κ2) is 6.79. The first kappa shape index (κ1) is 12.4. The number of carbonyl (C=O) groups is 1. The summed E-state index contributed by atoms with van der Waals surface area (Å²) in [7, 11) is 0. The van der Waals surface area contributed by atoms with Crippen LogP contribution >= 0.6 is 0 Å². The van der Waals surface area contributed by atoms with Crippen molar-refractivity contribution in [3.63, 3.8) is 0 Å². The number of anilines is 1. The summed E-state index contributed by atoms with van der Waals surface area (Å²) in [4.78, 5) is 15.6. The summed E-state index contributed by atoms with van der Waals surface area (Å²) < 4.78 is 4.91. The molecule has 2 N–H and O–H groups in total. The SMILES string of the molecule is CCOC(=O)c1cccnc1NCCCO. The van der Waals surface area contributed by atoms with Crippen molar-refractivity contribution in [2.45, 2.75) is 13.3 Å². The first-order chi connectivity index (χ1) is 7.79. The number of esters is 1. The Morgan fingerprint density at radius 3 is 3.12 bits per heavy atom. The molecule has 0 aromatic carbocycles. The number of pyridine rings is 1. The average Bonchev–Trinajstić information content (AvgIpc) is 2.30. The Hall–Kier alpha value is -1.62. The highest BCUT2D eigenvalue weighted by Gasteiger charge is 2.12. The van der Waals surface area contributed by atoms with E-state index in [1.54, 1.807) is 25.3 Å². The molecule has 88 valence electrons. The third-order valence-electron chi connectivity index (χ3n) is 1.93. The molecule has 1 heterocycles. The molecule has 0 saturated heterocycles. The molecule has 0 aliphatic carbocycles. The molecule has 0 atom stereocenters. The van der Waals surface area contributed by atoms with E-state index in [1.165, 1.54) is 0 Å². The van der Waals surface area contributed by atoms with Gasteiger partial charge in [0.15, 0.2) is 0 Å². The molecule has 1 rings (SSSR count). The minimum atomic E-state index is -0.387. The van der Waals surface area contributed by atoms with Crippen molar-refractivity contribution in [1.82, 2.24) is 4.98 Å². The molecule has 0 fully saturated rings. The first-order valence-electron chi connectivity index (χ1n) is 5.26. The van der Waals surface area contributed by atoms with Crippen molar-refractivity contribution in [1.29, 1.82) is 0 Å². The number of ether oxygens (including phenoxy) is 1. The molecule has 0 spiro atoms. The Balaban J connectivity index is 2.71. The van der Waals surface area contributed by atoms with Crippen molar-refractivity contribution >= 4 is 11.8 Å². The van der Waals surface area contributed by atoms with E-state index in [9.17, 15) is 4.79 Å². The van der Waals surface area contributed by atoms with Gasteiger partial charge in [0.2, 0.25) is 0 Å². The van der Waals surface area contributed by atoms with Gasteiger partial charge < -0.3 is 15.2 Å². The molecule has 0 saturated carbocycles. The maximum Gasteiger partial charge on any atom is 0.341 e. The van der Waals surface area contributed by atoms with Gasteiger partial charge in [0.1, 0.15) is 11.4 Å². The molecule has 0 unspecified atom stereocenters. The van der Waals surface area contributed by atoms with Crippen LogP contribution in [0.15, 0.2) is 18.3 Å². The standard InChI is InChI=1S/C11H16N2O3/c1-2-16-11(15)9-5-3-6-12-10(9)13-7-4-8-14/h3,5-6,14H,2,4,7-8H2,1H3,(H,12,13). The number of hydrogen-bond acceptors (Lipinski definition) is 5. The fourth-order valence-corrected chi connectivity index (χ4v) is 1.21. The second-order valence-corrected chi connectivity index (χ2v) is 3.12. The van der Waals surface area contributed by atoms with Gasteiger partial charge >= 0.3 is 5.97 Å². The molecule has 5 nitrogen and oxygen atoms in total. The first-order valence-corrected chi connectivity index (χ1v) is 5.26. The third-order valence-corrected chi connectivity index (χ3v) is 1.93. The average molecular weight is 224 g/mol. The van der Waals surface area contributed by atoms with E-state index >= 15 is 0 Å². The van der Waals surface area contributed by atoms with Gasteiger partial charge in [0.05, 0.1) is 6.61 Å². The highest BCUT2D eigenvalue weighted by Crippen LogP contribution is 2.12. The van der Waals surface area contributed by atoms with Crippen LogP contribution in [-0.2, 0) is 4.74 Å². The quantitative estimate of drug-likeness (QED) is 0.558. The van der Waals surface area contributed by atoms with Crippen LogP contribution in [0.2, 0.25) is 0 Å². The zero-order valence-electron chi connectivity index (χ0n) is 9.27. The lowest BCUT2D eigenvalue weighted by molar-refractivity contribution is 0.0527. The molecule has 0 aliphatic rings. The van der Waals surface area contributed by atoms with Gasteiger partial charge in [-0.3, -0.25) is 0 Å². The Morgan fingerprint density at radius 2 is 2.44 bits per heavy atom. The fourth-order valence-electron chi connectivity index (χ4n) is 1.21. The smallest absolute Gasteiger partial charge is 0.341 e. The van der Waals surface area contributed by atoms with Gasteiger partial charge in [0, 0.05) is 19.3 Å². The molecule has 5 heteroatoms. The summed E-state index contributed by atoms with van der Waals surface area (Å²) in [5.74, 6) is 0.108. The van der Waals surface area contributed by atoms with Crippen molar-refractivity contribution in [2.24, 2.45) is 0 Å². The topological polar surface area (TPSA) is 71.5 Å². The van der Waals surface area contributed by atoms with Crippen LogP contribution in [-0.4, -0.2) is 35.8 Å². The predicted molar refractivity (Wildman–Crippen MR) is 60.4 cm³/mol. The predicted octanol–water partition coefficient (Wildman–Crippen LogP) is 1.05. The van der Waals surface area contributed by atoms with E-state index in [-0.39, 0.29) is 12.6 Å². The van der Waals surface area contributed by atoms with Gasteiger partial charge in [-0.15, -0.1) is 0 Å². The molecule has 1 aromatic heterocycles. The highest BCUT2D eigenvalue weighted by molar-refractivity contribution is 5.94. The van der Waals surface area contributed by atoms with Crippen LogP contribution < -0.4 is 5.32 Å². The van der Waals surface area contributed by atoms with E-state index in [0.717, 1.165) is 0 Å². The minimum absolute atomic E-state index is 0.106. The Bertz CT molecular complexity index is 342. The summed E-state index contributed by atoms with van der Waals surface area (Å²) >= 11 is 0. The summed E-state index contributed by atoms with van der Waals surface area (Å²) in [6.07, 6.45) is 2.21. The molecule has 16 heavy (non-hydrogen) atoms. The molecule has 0 amide bonds. The Labute approximate surface area is 94.5 Å². The maximum absolute atomic E-state index is 11.5. The number of carbonyl (C=O) groups excluding carboxylic acids is 1. The van der Waals surface area contributed by atoms with Gasteiger partial charge in [-0.25, -0.2) is 9.78 Å². The third kappa shape index (κ3) is 3.51. The molecule has 1 aromatic rings. The number of nitrogens with one attached hydrogen (secondary N) is 1. The number of aromatic nitrogens is 1. The van der Waals surface area contributed by atoms with Crippen LogP contribution in [0.1, 0.15) is 23.7 Å². The number of aliphatic hydroxyl groups is 1. The lowest BCUT2D eigenvalue weighted by Crippen LogP contribution is -2.12. The van der Waals surface area contributed by atoms with Gasteiger partial charge in [-0.2, -0.15) is 0 Å². The van der Waals surface area contributed by atoms with Crippen molar-refractivity contribution in [2.75, 3.05) is 25.1 Å². The van der Waals surface area contributed by atoms with Gasteiger partial charge in [-0.05, 0) is 25.5 Å². The normalized spacial score (nSPS) is 9.88. The van der Waals surface area contributed by atoms with Crippen LogP contribution in [0.5, 0.6) is 0 Å². The van der Waals surface area contributed by atoms with E-state index in [0.29, 0.717) is 31.0 Å². The van der Waals surface area contributed by atoms with Crippen molar-refractivity contribution in [3.05, 3.63) is 23.9 Å². The van der Waals surface area contributed by atoms with Gasteiger partial charge in [0.25, 0.3) is 0 Å². The molecule has 0 aliphatic heterocycles. The number of nitrogens with zero attached hydrogens (tertiary/aromatic N) is 1. The number of rotatable bonds is 6. The van der Waals surface area contributed by atoms with E-state index in [1.807, 2.05) is 0 Å². The van der Waals surface area contributed by atoms with E-state index < -0.39 is 0 Å². The van der Waals surface area contributed by atoms with E-state index in [2.05, 4.69) is 10.3 Å². The van der Waals surface area contributed by atoms with Gasteiger partial charge in [-0.1, -0.05) is 0 Å². The maximum atomic E-state index is 11.5. The zero-order valence-corrected chi connectivity index (χ0v) is 9.27. The molecule has 0 radical (unpaired) electrons. The Morgan fingerprint density at radius 1 is 1.62 bits per heavy atom. The fraction of sp³-hybridized carbons (Fsp3) is 0.455. The molecular formula is C11H16N2O3. The van der Waals surface area contributed by atoms with Crippen LogP contribution in [0.25, 0.3) is 0 Å². The second-order valence-electron chi connectivity index (χ2n) is 3.12. The van der Waals surface area contributed by atoms with Crippen molar-refractivity contribution < 1.29 is 14.6 Å². The van der Waals surface area contributed by atoms with Crippen LogP contribution in [0.4, 0.5) is 5.82 Å².